The molecule has 0 radical (unpaired) electrons. The van der Waals surface area contributed by atoms with Gasteiger partial charge in [-0.25, -0.2) is 4.79 Å². The normalized spacial score (nSPS) is 16.9. The predicted octanol–water partition coefficient (Wildman–Crippen LogP) is -0.335. The molecule has 10 heteroatoms. The maximum absolute atomic E-state index is 12.4. The molecule has 21 heavy (non-hydrogen) atoms. The first kappa shape index (κ1) is 17.5. The highest BCUT2D eigenvalue weighted by Gasteiger charge is 2.36. The molecule has 122 valence electrons. The van der Waals surface area contributed by atoms with Crippen LogP contribution >= 0.6 is 0 Å². The molecular weight excluding hydrogens is 295 g/mol. The molecule has 1 rings (SSSR count). The fourth-order valence-electron chi connectivity index (χ4n) is 2.08. The Balaban J connectivity index is 2.62. The lowest BCUT2D eigenvalue weighted by Gasteiger charge is -2.37. The highest BCUT2D eigenvalue weighted by atomic mass is 19.4. The standard InChI is InChI=1S/C11H18F3N3O4/c12-11(13,14)8-17(7-9(19)20)10(21)16-3-1-15(2-4-16)5-6-18/h18H,1-8H2,(H,19,20). The van der Waals surface area contributed by atoms with Crippen molar-refractivity contribution in [3.8, 4) is 0 Å². The van der Waals surface area contributed by atoms with Crippen LogP contribution in [0.15, 0.2) is 0 Å². The Bertz CT molecular complexity index is 370. The van der Waals surface area contributed by atoms with Crippen LogP contribution in [0.4, 0.5) is 18.0 Å². The second-order valence-corrected chi connectivity index (χ2v) is 4.70. The van der Waals surface area contributed by atoms with Crippen LogP contribution in [0.2, 0.25) is 0 Å². The summed E-state index contributed by atoms with van der Waals surface area (Å²) in [5.41, 5.74) is 0. The Morgan fingerprint density at radius 3 is 2.14 bits per heavy atom. The number of halogens is 3. The van der Waals surface area contributed by atoms with E-state index in [9.17, 15) is 22.8 Å². The van der Waals surface area contributed by atoms with Gasteiger partial charge in [0.15, 0.2) is 0 Å². The summed E-state index contributed by atoms with van der Waals surface area (Å²) >= 11 is 0. The van der Waals surface area contributed by atoms with Crippen molar-refractivity contribution in [3.63, 3.8) is 0 Å². The Kier molecular flexibility index (Phi) is 6.21. The molecule has 0 aromatic rings. The van der Waals surface area contributed by atoms with E-state index in [0.29, 0.717) is 19.6 Å². The lowest BCUT2D eigenvalue weighted by Crippen LogP contribution is -2.55. The van der Waals surface area contributed by atoms with E-state index in [-0.39, 0.29) is 24.6 Å². The smallest absolute Gasteiger partial charge is 0.406 e. The summed E-state index contributed by atoms with van der Waals surface area (Å²) in [5.74, 6) is -1.49. The van der Waals surface area contributed by atoms with Gasteiger partial charge in [0.1, 0.15) is 13.1 Å². The summed E-state index contributed by atoms with van der Waals surface area (Å²) in [4.78, 5) is 25.9. The zero-order valence-electron chi connectivity index (χ0n) is 11.3. The second-order valence-electron chi connectivity index (χ2n) is 4.70. The SMILES string of the molecule is O=C(O)CN(CC(F)(F)F)C(=O)N1CCN(CCO)CC1. The second kappa shape index (κ2) is 7.46. The minimum Gasteiger partial charge on any atom is -0.480 e. The predicted molar refractivity (Wildman–Crippen MR) is 65.8 cm³/mol. The van der Waals surface area contributed by atoms with Crippen LogP contribution in [0.5, 0.6) is 0 Å². The summed E-state index contributed by atoms with van der Waals surface area (Å²) in [7, 11) is 0. The lowest BCUT2D eigenvalue weighted by molar-refractivity contribution is -0.150. The largest absolute Gasteiger partial charge is 0.480 e. The van der Waals surface area contributed by atoms with Gasteiger partial charge in [0.05, 0.1) is 6.61 Å². The number of aliphatic hydroxyl groups excluding tert-OH is 1. The third kappa shape index (κ3) is 6.17. The number of amides is 2. The van der Waals surface area contributed by atoms with Gasteiger partial charge in [-0.05, 0) is 0 Å². The first-order chi connectivity index (χ1) is 9.73. The number of aliphatic hydroxyl groups is 1. The van der Waals surface area contributed by atoms with E-state index in [4.69, 9.17) is 10.2 Å². The molecule has 0 atom stereocenters. The van der Waals surface area contributed by atoms with Gasteiger partial charge >= 0.3 is 18.2 Å². The summed E-state index contributed by atoms with van der Waals surface area (Å²) in [6.45, 7) is -0.918. The molecule has 0 unspecified atom stereocenters. The van der Waals surface area contributed by atoms with E-state index in [0.717, 1.165) is 0 Å². The van der Waals surface area contributed by atoms with Crippen LogP contribution in [0.25, 0.3) is 0 Å². The van der Waals surface area contributed by atoms with E-state index in [1.807, 2.05) is 4.90 Å². The zero-order valence-corrected chi connectivity index (χ0v) is 11.3. The van der Waals surface area contributed by atoms with Gasteiger partial charge < -0.3 is 20.0 Å². The van der Waals surface area contributed by atoms with Crippen molar-refractivity contribution in [1.29, 1.82) is 0 Å². The molecule has 0 bridgehead atoms. The van der Waals surface area contributed by atoms with E-state index in [2.05, 4.69) is 0 Å². The van der Waals surface area contributed by atoms with Crippen molar-refractivity contribution in [2.75, 3.05) is 52.4 Å². The molecule has 1 fully saturated rings. The van der Waals surface area contributed by atoms with E-state index < -0.39 is 31.3 Å². The molecule has 1 saturated heterocycles. The van der Waals surface area contributed by atoms with E-state index in [1.54, 1.807) is 0 Å². The molecule has 1 aliphatic heterocycles. The van der Waals surface area contributed by atoms with Gasteiger partial charge in [0.25, 0.3) is 0 Å². The zero-order chi connectivity index (χ0) is 16.0. The third-order valence-corrected chi connectivity index (χ3v) is 3.03. The van der Waals surface area contributed by atoms with Crippen molar-refractivity contribution in [1.82, 2.24) is 14.7 Å². The number of alkyl halides is 3. The highest BCUT2D eigenvalue weighted by molar-refractivity contribution is 5.80. The molecule has 0 spiro atoms. The molecule has 2 N–H and O–H groups in total. The van der Waals surface area contributed by atoms with Crippen molar-refractivity contribution < 1.29 is 33.0 Å². The van der Waals surface area contributed by atoms with Gasteiger partial charge in [-0.2, -0.15) is 13.2 Å². The number of hydrogen-bond acceptors (Lipinski definition) is 4. The summed E-state index contributed by atoms with van der Waals surface area (Å²) in [5, 5.41) is 17.4. The number of carbonyl (C=O) groups is 2. The highest BCUT2D eigenvalue weighted by Crippen LogP contribution is 2.18. The summed E-state index contributed by atoms with van der Waals surface area (Å²) < 4.78 is 37.2. The molecule has 1 heterocycles. The van der Waals surface area contributed by atoms with Crippen molar-refractivity contribution in [3.05, 3.63) is 0 Å². The number of hydrogen-bond donors (Lipinski definition) is 2. The number of β-amino-alcohol motifs (C(OH)–C–C–N with tert-alkyl or cyclic N) is 1. The number of carboxylic acid groups (broad SMARTS) is 1. The topological polar surface area (TPSA) is 84.3 Å². The lowest BCUT2D eigenvalue weighted by atomic mass is 10.3. The minimum absolute atomic E-state index is 0.0346. The van der Waals surface area contributed by atoms with E-state index in [1.165, 1.54) is 4.90 Å². The maximum atomic E-state index is 12.4. The number of carboxylic acids is 1. The molecule has 0 saturated carbocycles. The van der Waals surface area contributed by atoms with Gasteiger partial charge in [-0.3, -0.25) is 9.69 Å². The number of nitrogens with zero attached hydrogens (tertiary/aromatic N) is 3. The molecule has 1 aliphatic rings. The maximum Gasteiger partial charge on any atom is 0.406 e. The first-order valence-electron chi connectivity index (χ1n) is 6.38. The van der Waals surface area contributed by atoms with Crippen molar-refractivity contribution >= 4 is 12.0 Å². The molecule has 0 aromatic carbocycles. The first-order valence-corrected chi connectivity index (χ1v) is 6.38. The number of aliphatic carboxylic acids is 1. The average Bonchev–Trinajstić information content (AvgIpc) is 2.36. The number of rotatable bonds is 5. The number of urea groups is 1. The Morgan fingerprint density at radius 2 is 1.71 bits per heavy atom. The fraction of sp³-hybridized carbons (Fsp3) is 0.818. The molecule has 2 amide bonds. The molecule has 7 nitrogen and oxygen atoms in total. The van der Waals surface area contributed by atoms with Gasteiger partial charge in [0.2, 0.25) is 0 Å². The van der Waals surface area contributed by atoms with Crippen LogP contribution in [0.1, 0.15) is 0 Å². The van der Waals surface area contributed by atoms with Crippen LogP contribution in [0.3, 0.4) is 0 Å². The number of piperazine rings is 1. The molecule has 0 aliphatic carbocycles. The van der Waals surface area contributed by atoms with Gasteiger partial charge in [-0.1, -0.05) is 0 Å². The van der Waals surface area contributed by atoms with Crippen LogP contribution < -0.4 is 0 Å². The molecular formula is C11H18F3N3O4. The van der Waals surface area contributed by atoms with Gasteiger partial charge in [-0.15, -0.1) is 0 Å². The monoisotopic (exact) mass is 313 g/mol. The Hall–Kier alpha value is -1.55. The minimum atomic E-state index is -4.65. The fourth-order valence-corrected chi connectivity index (χ4v) is 2.08. The summed E-state index contributed by atoms with van der Waals surface area (Å²) in [6.07, 6.45) is -4.65. The Morgan fingerprint density at radius 1 is 1.14 bits per heavy atom. The van der Waals surface area contributed by atoms with E-state index >= 15 is 0 Å². The van der Waals surface area contributed by atoms with Crippen molar-refractivity contribution in [2.24, 2.45) is 0 Å². The van der Waals surface area contributed by atoms with Crippen LogP contribution in [0, 0.1) is 0 Å². The number of carbonyl (C=O) groups excluding carboxylic acids is 1. The Labute approximate surface area is 119 Å². The molecule has 0 aromatic heterocycles. The average molecular weight is 313 g/mol. The van der Waals surface area contributed by atoms with Gasteiger partial charge in [0, 0.05) is 32.7 Å². The quantitative estimate of drug-likeness (QED) is 0.726. The van der Waals surface area contributed by atoms with Crippen LogP contribution in [-0.2, 0) is 4.79 Å². The van der Waals surface area contributed by atoms with Crippen molar-refractivity contribution in [2.45, 2.75) is 6.18 Å². The third-order valence-electron chi connectivity index (χ3n) is 3.03. The summed E-state index contributed by atoms with van der Waals surface area (Å²) in [6, 6.07) is -0.932. The van der Waals surface area contributed by atoms with Crippen LogP contribution in [-0.4, -0.2) is 95.5 Å².